The lowest BCUT2D eigenvalue weighted by molar-refractivity contribution is -0.159. The molecule has 0 amide bonds. The second-order valence-electron chi connectivity index (χ2n) is 5.12. The van der Waals surface area contributed by atoms with Gasteiger partial charge in [-0.05, 0) is 39.8 Å². The van der Waals surface area contributed by atoms with Gasteiger partial charge < -0.3 is 4.74 Å². The molecule has 20 heavy (non-hydrogen) atoms. The van der Waals surface area contributed by atoms with E-state index in [1.54, 1.807) is 32.2 Å². The van der Waals surface area contributed by atoms with E-state index in [0.717, 1.165) is 5.01 Å². The number of ketones is 1. The lowest BCUT2D eigenvalue weighted by atomic mass is 10.0. The van der Waals surface area contributed by atoms with Crippen molar-refractivity contribution in [1.82, 2.24) is 4.98 Å². The summed E-state index contributed by atoms with van der Waals surface area (Å²) >= 11 is 1.45. The molecule has 1 aromatic heterocycles. The molecule has 0 saturated carbocycles. The fourth-order valence-corrected chi connectivity index (χ4v) is 1.89. The first-order valence-electron chi connectivity index (χ1n) is 5.99. The number of hydrogen-bond acceptors (Lipinski definition) is 6. The molecule has 1 heterocycles. The molecular weight excluding hydrogens is 276 g/mol. The van der Waals surface area contributed by atoms with Crippen LogP contribution < -0.4 is 0 Å². The van der Waals surface area contributed by atoms with Crippen molar-refractivity contribution in [3.05, 3.63) is 22.2 Å². The van der Waals surface area contributed by atoms with Crippen LogP contribution in [-0.2, 0) is 14.3 Å². The number of nitriles is 1. The van der Waals surface area contributed by atoms with Gasteiger partial charge in [-0.1, -0.05) is 0 Å². The second-order valence-corrected chi connectivity index (χ2v) is 6.18. The summed E-state index contributed by atoms with van der Waals surface area (Å²) in [4.78, 5) is 27.7. The van der Waals surface area contributed by atoms with Crippen LogP contribution in [0.25, 0.3) is 6.08 Å². The van der Waals surface area contributed by atoms with Gasteiger partial charge in [0.2, 0.25) is 5.92 Å². The minimum Gasteiger partial charge on any atom is -0.459 e. The Morgan fingerprint density at radius 1 is 1.50 bits per heavy atom. The van der Waals surface area contributed by atoms with Gasteiger partial charge in [0.1, 0.15) is 5.60 Å². The molecule has 6 heteroatoms. The Morgan fingerprint density at radius 3 is 2.60 bits per heavy atom. The Morgan fingerprint density at radius 2 is 2.15 bits per heavy atom. The van der Waals surface area contributed by atoms with Crippen molar-refractivity contribution in [2.75, 3.05) is 0 Å². The first kappa shape index (κ1) is 16.1. The molecular formula is C14H16N2O3S. The van der Waals surface area contributed by atoms with Crippen LogP contribution in [0.4, 0.5) is 0 Å². The van der Waals surface area contributed by atoms with Crippen molar-refractivity contribution in [3.8, 4) is 6.07 Å². The Labute approximate surface area is 121 Å². The molecule has 0 saturated heterocycles. The van der Waals surface area contributed by atoms with E-state index in [1.807, 2.05) is 6.92 Å². The van der Waals surface area contributed by atoms with Crippen molar-refractivity contribution in [1.29, 1.82) is 5.26 Å². The number of hydrogen-bond donors (Lipinski definition) is 0. The van der Waals surface area contributed by atoms with Crippen LogP contribution in [0.5, 0.6) is 0 Å². The number of carbonyl (C=O) groups excluding carboxylic acids is 2. The smallest absolute Gasteiger partial charge is 0.331 e. The number of carbonyl (C=O) groups is 2. The Kier molecular flexibility index (Phi) is 5.17. The molecule has 1 unspecified atom stereocenters. The van der Waals surface area contributed by atoms with Crippen molar-refractivity contribution >= 4 is 29.2 Å². The molecule has 1 rings (SSSR count). The first-order valence-corrected chi connectivity index (χ1v) is 6.87. The zero-order valence-corrected chi connectivity index (χ0v) is 12.7. The quantitative estimate of drug-likeness (QED) is 0.484. The molecule has 0 aliphatic heterocycles. The molecule has 0 N–H and O–H groups in total. The summed E-state index contributed by atoms with van der Waals surface area (Å²) in [5, 5.41) is 11.6. The Bertz CT molecular complexity index is 576. The lowest BCUT2D eigenvalue weighted by Crippen LogP contribution is -2.31. The first-order chi connectivity index (χ1) is 9.23. The molecule has 0 radical (unpaired) electrons. The van der Waals surface area contributed by atoms with Crippen LogP contribution in [-0.4, -0.2) is 22.3 Å². The van der Waals surface area contributed by atoms with Gasteiger partial charge in [-0.25, -0.2) is 4.98 Å². The number of ether oxygens (including phenoxy) is 1. The summed E-state index contributed by atoms with van der Waals surface area (Å²) in [7, 11) is 0. The van der Waals surface area contributed by atoms with Crippen molar-refractivity contribution in [3.63, 3.8) is 0 Å². The highest BCUT2D eigenvalue weighted by Gasteiger charge is 2.29. The van der Waals surface area contributed by atoms with Crippen molar-refractivity contribution in [2.24, 2.45) is 5.92 Å². The number of rotatable bonds is 4. The van der Waals surface area contributed by atoms with Crippen LogP contribution in [0.3, 0.4) is 0 Å². The predicted octanol–water partition coefficient (Wildman–Crippen LogP) is 2.52. The summed E-state index contributed by atoms with van der Waals surface area (Å²) in [6, 6.07) is 1.67. The zero-order valence-electron chi connectivity index (χ0n) is 11.8. The molecule has 5 nitrogen and oxygen atoms in total. The minimum atomic E-state index is -1.44. The fourth-order valence-electron chi connectivity index (χ4n) is 1.31. The molecule has 0 aromatic carbocycles. The molecule has 0 aliphatic rings. The highest BCUT2D eigenvalue weighted by molar-refractivity contribution is 7.09. The van der Waals surface area contributed by atoms with E-state index >= 15 is 0 Å². The van der Waals surface area contributed by atoms with Gasteiger partial charge in [0.25, 0.3) is 0 Å². The fraction of sp³-hybridized carbons (Fsp3) is 0.429. The molecule has 0 bridgehead atoms. The Balaban J connectivity index is 2.75. The van der Waals surface area contributed by atoms with Crippen LogP contribution in [0.2, 0.25) is 0 Å². The average Bonchev–Trinajstić information content (AvgIpc) is 2.71. The van der Waals surface area contributed by atoms with Crippen LogP contribution in [0.1, 0.15) is 31.5 Å². The van der Waals surface area contributed by atoms with Crippen LogP contribution in [0.15, 0.2) is 11.5 Å². The maximum absolute atomic E-state index is 11.8. The molecule has 1 atom stereocenters. The number of aromatic nitrogens is 1. The SMILES string of the molecule is Cc1nc(C=CC(=O)C(C#N)C(=O)OC(C)(C)C)cs1. The van der Waals surface area contributed by atoms with E-state index in [9.17, 15) is 9.59 Å². The summed E-state index contributed by atoms with van der Waals surface area (Å²) in [6.45, 7) is 6.88. The zero-order chi connectivity index (χ0) is 15.3. The summed E-state index contributed by atoms with van der Waals surface area (Å²) in [5.41, 5.74) is -0.107. The van der Waals surface area contributed by atoms with Crippen molar-refractivity contribution < 1.29 is 14.3 Å². The molecule has 0 fully saturated rings. The van der Waals surface area contributed by atoms with Crippen LogP contribution >= 0.6 is 11.3 Å². The summed E-state index contributed by atoms with van der Waals surface area (Å²) in [5.74, 6) is -2.87. The third kappa shape index (κ3) is 4.94. The highest BCUT2D eigenvalue weighted by Crippen LogP contribution is 2.13. The van der Waals surface area contributed by atoms with Crippen molar-refractivity contribution in [2.45, 2.75) is 33.3 Å². The topological polar surface area (TPSA) is 80.0 Å². The van der Waals surface area contributed by atoms with E-state index < -0.39 is 23.3 Å². The standard InChI is InChI=1S/C14H16N2O3S/c1-9-16-10(8-20-9)5-6-12(17)11(7-15)13(18)19-14(2,3)4/h5-6,8,11H,1-4H3. The maximum atomic E-state index is 11.8. The normalized spacial score (nSPS) is 12.9. The summed E-state index contributed by atoms with van der Waals surface area (Å²) in [6.07, 6.45) is 2.67. The number of allylic oxidation sites excluding steroid dienone is 1. The number of esters is 1. The van der Waals surface area contributed by atoms with Gasteiger partial charge in [0.05, 0.1) is 16.8 Å². The van der Waals surface area contributed by atoms with Gasteiger partial charge in [-0.3, -0.25) is 9.59 Å². The third-order valence-corrected chi connectivity index (χ3v) is 2.90. The lowest BCUT2D eigenvalue weighted by Gasteiger charge is -2.20. The monoisotopic (exact) mass is 292 g/mol. The van der Waals surface area contributed by atoms with E-state index in [0.29, 0.717) is 5.69 Å². The van der Waals surface area contributed by atoms with Gasteiger partial charge >= 0.3 is 5.97 Å². The third-order valence-electron chi connectivity index (χ3n) is 2.11. The Hall–Kier alpha value is -2.00. The molecule has 0 aliphatic carbocycles. The van der Waals surface area contributed by atoms with Gasteiger partial charge in [-0.2, -0.15) is 5.26 Å². The van der Waals surface area contributed by atoms with Gasteiger partial charge in [-0.15, -0.1) is 11.3 Å². The van der Waals surface area contributed by atoms with E-state index in [1.165, 1.54) is 23.5 Å². The maximum Gasteiger partial charge on any atom is 0.331 e. The minimum absolute atomic E-state index is 0.604. The largest absolute Gasteiger partial charge is 0.459 e. The molecule has 106 valence electrons. The van der Waals surface area contributed by atoms with E-state index in [2.05, 4.69) is 4.98 Å². The summed E-state index contributed by atoms with van der Waals surface area (Å²) < 4.78 is 5.04. The average molecular weight is 292 g/mol. The van der Waals surface area contributed by atoms with Gasteiger partial charge in [0.15, 0.2) is 5.78 Å². The number of thiazole rings is 1. The molecule has 1 aromatic rings. The highest BCUT2D eigenvalue weighted by atomic mass is 32.1. The van der Waals surface area contributed by atoms with Crippen LogP contribution in [0, 0.1) is 24.2 Å². The number of aryl methyl sites for hydroxylation is 1. The second kappa shape index (κ2) is 6.44. The van der Waals surface area contributed by atoms with E-state index in [4.69, 9.17) is 10.00 Å². The van der Waals surface area contributed by atoms with E-state index in [-0.39, 0.29) is 0 Å². The van der Waals surface area contributed by atoms with Gasteiger partial charge in [0, 0.05) is 5.38 Å². The number of nitrogens with zero attached hydrogens (tertiary/aromatic N) is 2. The molecule has 0 spiro atoms. The predicted molar refractivity (Wildman–Crippen MR) is 75.8 cm³/mol.